The molecule has 0 heterocycles. The highest BCUT2D eigenvalue weighted by Crippen LogP contribution is 2.54. The van der Waals surface area contributed by atoms with Crippen LogP contribution in [0, 0.1) is 23.7 Å². The van der Waals surface area contributed by atoms with Gasteiger partial charge in [-0.15, -0.1) is 0 Å². The van der Waals surface area contributed by atoms with Crippen LogP contribution in [0.3, 0.4) is 0 Å². The molecule has 30 heavy (non-hydrogen) atoms. The van der Waals surface area contributed by atoms with Crippen LogP contribution in [0.2, 0.25) is 0 Å². The first kappa shape index (κ1) is 20.5. The zero-order valence-corrected chi connectivity index (χ0v) is 16.6. The zero-order chi connectivity index (χ0) is 22.0. The predicted octanol–water partition coefficient (Wildman–Crippen LogP) is 0.358. The van der Waals surface area contributed by atoms with Gasteiger partial charge in [-0.1, -0.05) is 12.1 Å². The van der Waals surface area contributed by atoms with Crippen molar-refractivity contribution >= 4 is 18.0 Å². The van der Waals surface area contributed by atoms with Gasteiger partial charge in [0, 0.05) is 20.5 Å². The maximum atomic E-state index is 13.2. The van der Waals surface area contributed by atoms with Crippen molar-refractivity contribution in [1.82, 2.24) is 10.0 Å². The molecule has 4 atom stereocenters. The van der Waals surface area contributed by atoms with Crippen molar-refractivity contribution in [3.8, 4) is 5.75 Å². The molecule has 1 saturated carbocycles. The standard InChI is InChI=1S/C21H24N2O7/c1-22(2)23(9-24)18-14(26)8-12-7-11-6-10-4-3-5-13(25)15(10)19(27)16(11)21(29,30)17(12)20(18)28/h3-5,9,11-12,16-17,25,28-30H,6-8H2,1-2H3. The molecule has 1 aromatic carbocycles. The number of fused-ring (bicyclic) bond motifs is 3. The summed E-state index contributed by atoms with van der Waals surface area (Å²) in [5, 5.41) is 45.6. The van der Waals surface area contributed by atoms with Gasteiger partial charge in [0.1, 0.15) is 17.2 Å². The van der Waals surface area contributed by atoms with Gasteiger partial charge in [-0.3, -0.25) is 14.4 Å². The number of amides is 1. The van der Waals surface area contributed by atoms with Gasteiger partial charge < -0.3 is 20.4 Å². The highest BCUT2D eigenvalue weighted by Gasteiger charge is 2.62. The summed E-state index contributed by atoms with van der Waals surface area (Å²) in [5.74, 6) is -8.23. The van der Waals surface area contributed by atoms with Gasteiger partial charge in [0.2, 0.25) is 6.41 Å². The van der Waals surface area contributed by atoms with Gasteiger partial charge in [0.25, 0.3) is 0 Å². The molecule has 0 spiro atoms. The van der Waals surface area contributed by atoms with Crippen LogP contribution in [0.4, 0.5) is 0 Å². The Morgan fingerprint density at radius 1 is 1.07 bits per heavy atom. The zero-order valence-electron chi connectivity index (χ0n) is 16.6. The molecule has 0 aliphatic heterocycles. The first-order valence-electron chi connectivity index (χ1n) is 9.77. The van der Waals surface area contributed by atoms with Gasteiger partial charge in [0.05, 0.1) is 17.4 Å². The number of phenolic OH excluding ortho intramolecular Hbond substituents is 1. The van der Waals surface area contributed by atoms with E-state index >= 15 is 0 Å². The molecular weight excluding hydrogens is 392 g/mol. The fourth-order valence-corrected chi connectivity index (χ4v) is 5.48. The smallest absolute Gasteiger partial charge is 0.228 e. The highest BCUT2D eigenvalue weighted by atomic mass is 16.5. The summed E-state index contributed by atoms with van der Waals surface area (Å²) in [6.07, 6.45) is 0.933. The quantitative estimate of drug-likeness (QED) is 0.315. The van der Waals surface area contributed by atoms with Crippen molar-refractivity contribution in [3.05, 3.63) is 40.8 Å². The Balaban J connectivity index is 1.83. The van der Waals surface area contributed by atoms with E-state index in [0.717, 1.165) is 5.01 Å². The van der Waals surface area contributed by atoms with Crippen LogP contribution in [0.1, 0.15) is 28.8 Å². The lowest BCUT2D eigenvalue weighted by Crippen LogP contribution is -2.61. The summed E-state index contributed by atoms with van der Waals surface area (Å²) < 4.78 is 0. The van der Waals surface area contributed by atoms with Gasteiger partial charge in [0.15, 0.2) is 17.4 Å². The van der Waals surface area contributed by atoms with Crippen LogP contribution in [0.25, 0.3) is 0 Å². The number of phenols is 1. The SMILES string of the molecule is CN(C)N(C=O)C1=C(O)C2C(CC1=O)CC1Cc3cccc(O)c3C(=O)C1C2(O)O. The van der Waals surface area contributed by atoms with E-state index in [9.17, 15) is 34.8 Å². The number of carbonyl (C=O) groups excluding carboxylic acids is 3. The lowest BCUT2D eigenvalue weighted by atomic mass is 9.56. The molecule has 9 nitrogen and oxygen atoms in total. The first-order valence-corrected chi connectivity index (χ1v) is 9.77. The second-order valence-corrected chi connectivity index (χ2v) is 8.53. The number of Topliss-reactive ketones (excluding diaryl/α,β-unsaturated/α-hetero) is 2. The molecule has 3 aliphatic rings. The number of hydrogen-bond donors (Lipinski definition) is 4. The van der Waals surface area contributed by atoms with Gasteiger partial charge in [-0.05, 0) is 36.3 Å². The minimum Gasteiger partial charge on any atom is -0.509 e. The van der Waals surface area contributed by atoms with Gasteiger partial charge >= 0.3 is 0 Å². The lowest BCUT2D eigenvalue weighted by Gasteiger charge is -2.52. The number of aliphatic hydroxyl groups excluding tert-OH is 1. The van der Waals surface area contributed by atoms with E-state index in [4.69, 9.17) is 0 Å². The highest BCUT2D eigenvalue weighted by molar-refractivity contribution is 6.04. The molecule has 9 heteroatoms. The minimum absolute atomic E-state index is 0.0584. The summed E-state index contributed by atoms with van der Waals surface area (Å²) in [4.78, 5) is 37.4. The van der Waals surface area contributed by atoms with E-state index in [1.54, 1.807) is 12.1 Å². The van der Waals surface area contributed by atoms with E-state index in [1.165, 1.54) is 25.2 Å². The van der Waals surface area contributed by atoms with Crippen molar-refractivity contribution in [2.45, 2.75) is 25.0 Å². The number of nitrogens with zero attached hydrogens (tertiary/aromatic N) is 2. The molecule has 4 N–H and O–H groups in total. The third-order valence-corrected chi connectivity index (χ3v) is 6.61. The summed E-state index contributed by atoms with van der Waals surface area (Å²) in [6, 6.07) is 4.71. The van der Waals surface area contributed by atoms with E-state index in [-0.39, 0.29) is 23.4 Å². The molecular formula is C21H24N2O7. The van der Waals surface area contributed by atoms with Crippen LogP contribution in [-0.4, -0.2) is 68.3 Å². The summed E-state index contributed by atoms with van der Waals surface area (Å²) in [6.45, 7) is 0. The maximum Gasteiger partial charge on any atom is 0.228 e. The molecule has 1 amide bonds. The van der Waals surface area contributed by atoms with Crippen molar-refractivity contribution < 1.29 is 34.8 Å². The van der Waals surface area contributed by atoms with E-state index in [0.29, 0.717) is 24.8 Å². The molecule has 0 radical (unpaired) electrons. The Bertz CT molecular complexity index is 968. The van der Waals surface area contributed by atoms with Crippen LogP contribution in [0.15, 0.2) is 29.7 Å². The molecule has 3 aliphatic carbocycles. The average Bonchev–Trinajstić information content (AvgIpc) is 2.63. The fraction of sp³-hybridized carbons (Fsp3) is 0.476. The Kier molecular flexibility index (Phi) is 4.72. The molecule has 4 rings (SSSR count). The average molecular weight is 416 g/mol. The van der Waals surface area contributed by atoms with Crippen LogP contribution < -0.4 is 0 Å². The number of hydrazine groups is 1. The second-order valence-electron chi connectivity index (χ2n) is 8.53. The van der Waals surface area contributed by atoms with Crippen molar-refractivity contribution in [1.29, 1.82) is 0 Å². The fourth-order valence-electron chi connectivity index (χ4n) is 5.48. The van der Waals surface area contributed by atoms with Crippen LogP contribution in [0.5, 0.6) is 5.75 Å². The van der Waals surface area contributed by atoms with Crippen molar-refractivity contribution in [3.63, 3.8) is 0 Å². The molecule has 0 aromatic heterocycles. The van der Waals surface area contributed by atoms with Crippen LogP contribution in [-0.2, 0) is 16.0 Å². The Hall–Kier alpha value is -2.75. The number of benzene rings is 1. The van der Waals surface area contributed by atoms with Crippen molar-refractivity contribution in [2.24, 2.45) is 23.7 Å². The van der Waals surface area contributed by atoms with E-state index < -0.39 is 46.8 Å². The topological polar surface area (TPSA) is 139 Å². The first-order chi connectivity index (χ1) is 14.1. The number of rotatable bonds is 3. The summed E-state index contributed by atoms with van der Waals surface area (Å²) in [7, 11) is 3.00. The Labute approximate surface area is 172 Å². The molecule has 0 bridgehead atoms. The van der Waals surface area contributed by atoms with Gasteiger partial charge in [-0.25, -0.2) is 10.0 Å². The number of carbonyl (C=O) groups is 3. The molecule has 160 valence electrons. The van der Waals surface area contributed by atoms with E-state index in [1.807, 2.05) is 0 Å². The van der Waals surface area contributed by atoms with E-state index in [2.05, 4.69) is 0 Å². The lowest BCUT2D eigenvalue weighted by molar-refractivity contribution is -0.262. The largest absolute Gasteiger partial charge is 0.509 e. The van der Waals surface area contributed by atoms with Crippen molar-refractivity contribution in [2.75, 3.05) is 14.1 Å². The number of ketones is 2. The minimum atomic E-state index is -2.65. The summed E-state index contributed by atoms with van der Waals surface area (Å²) in [5.41, 5.74) is 0.356. The Morgan fingerprint density at radius 2 is 1.73 bits per heavy atom. The van der Waals surface area contributed by atoms with Gasteiger partial charge in [-0.2, -0.15) is 0 Å². The number of aliphatic hydroxyl groups is 3. The Morgan fingerprint density at radius 3 is 2.37 bits per heavy atom. The monoisotopic (exact) mass is 416 g/mol. The number of aromatic hydroxyl groups is 1. The number of allylic oxidation sites excluding steroid dienone is 1. The number of hydrogen-bond acceptors (Lipinski definition) is 8. The molecule has 1 fully saturated rings. The molecule has 4 unspecified atom stereocenters. The molecule has 1 aromatic rings. The summed E-state index contributed by atoms with van der Waals surface area (Å²) >= 11 is 0. The van der Waals surface area contributed by atoms with Crippen LogP contribution >= 0.6 is 0 Å². The molecule has 0 saturated heterocycles. The normalized spacial score (nSPS) is 29.9. The predicted molar refractivity (Wildman–Crippen MR) is 103 cm³/mol. The third-order valence-electron chi connectivity index (χ3n) is 6.61. The maximum absolute atomic E-state index is 13.2. The second kappa shape index (κ2) is 6.90. The third kappa shape index (κ3) is 2.77.